The predicted molar refractivity (Wildman–Crippen MR) is 111 cm³/mol. The highest BCUT2D eigenvalue weighted by molar-refractivity contribution is 5.65. The first-order valence-electron chi connectivity index (χ1n) is 11.4. The molecule has 1 saturated heterocycles. The lowest BCUT2D eigenvalue weighted by atomic mass is 9.87. The molecule has 0 spiro atoms. The average Bonchev–Trinajstić information content (AvgIpc) is 3.49. The summed E-state index contributed by atoms with van der Waals surface area (Å²) < 4.78 is 74.1. The van der Waals surface area contributed by atoms with Crippen LogP contribution in [0.15, 0.2) is 9.59 Å². The van der Waals surface area contributed by atoms with E-state index < -0.39 is 58.6 Å². The van der Waals surface area contributed by atoms with Crippen molar-refractivity contribution in [3.8, 4) is 0 Å². The fourth-order valence-electron chi connectivity index (χ4n) is 6.19. The van der Waals surface area contributed by atoms with Crippen molar-refractivity contribution in [2.45, 2.75) is 75.7 Å². The molecule has 5 atom stereocenters. The number of alkyl halides is 5. The van der Waals surface area contributed by atoms with Crippen LogP contribution in [0.25, 0.3) is 11.1 Å². The summed E-state index contributed by atoms with van der Waals surface area (Å²) in [4.78, 5) is 28.8. The van der Waals surface area contributed by atoms with Gasteiger partial charge in [-0.25, -0.2) is 26.7 Å². The molecule has 0 amide bonds. The molecule has 11 heteroatoms. The van der Waals surface area contributed by atoms with Gasteiger partial charge in [-0.2, -0.15) is 0 Å². The molecule has 2 saturated carbocycles. The van der Waals surface area contributed by atoms with Crippen molar-refractivity contribution in [1.82, 2.24) is 14.5 Å². The summed E-state index contributed by atoms with van der Waals surface area (Å²) >= 11 is 0. The topological polar surface area (TPSA) is 84.1 Å². The number of aromatic nitrogens is 2. The molecule has 3 fully saturated rings. The van der Waals surface area contributed by atoms with Crippen LogP contribution in [0, 0.1) is 11.8 Å². The quantitative estimate of drug-likeness (QED) is 0.637. The summed E-state index contributed by atoms with van der Waals surface area (Å²) in [5.41, 5.74) is 3.54. The lowest BCUT2D eigenvalue weighted by Gasteiger charge is -2.36. The minimum Gasteiger partial charge on any atom is -0.322 e. The molecule has 0 radical (unpaired) electrons. The number of nitrogens with two attached hydrogens (primary N) is 1. The van der Waals surface area contributed by atoms with Crippen molar-refractivity contribution < 1.29 is 22.0 Å². The van der Waals surface area contributed by atoms with E-state index >= 15 is 4.39 Å². The van der Waals surface area contributed by atoms with Crippen LogP contribution in [0.5, 0.6) is 0 Å². The maximum absolute atomic E-state index is 15.8. The third kappa shape index (κ3) is 3.50. The Labute approximate surface area is 185 Å². The summed E-state index contributed by atoms with van der Waals surface area (Å²) in [6.45, 7) is 1.84. The highest BCUT2D eigenvalue weighted by atomic mass is 19.3. The van der Waals surface area contributed by atoms with Gasteiger partial charge in [0.15, 0.2) is 0 Å². The van der Waals surface area contributed by atoms with Crippen LogP contribution < -0.4 is 27.6 Å². The number of hydrogen-bond donors (Lipinski definition) is 2. The summed E-state index contributed by atoms with van der Waals surface area (Å²) in [5.74, 6) is -3.83. The Morgan fingerprint density at radius 3 is 2.48 bits per heavy atom. The molecular weight excluding hydrogens is 447 g/mol. The van der Waals surface area contributed by atoms with E-state index in [4.69, 9.17) is 5.73 Å². The monoisotopic (exact) mass is 474 g/mol. The van der Waals surface area contributed by atoms with Gasteiger partial charge in [0, 0.05) is 31.1 Å². The highest BCUT2D eigenvalue weighted by Crippen LogP contribution is 2.43. The lowest BCUT2D eigenvalue weighted by molar-refractivity contribution is -0.0456. The van der Waals surface area contributed by atoms with Crippen molar-refractivity contribution in [3.05, 3.63) is 31.4 Å². The first kappa shape index (κ1) is 22.8. The fourth-order valence-corrected chi connectivity index (χ4v) is 6.19. The Morgan fingerprint density at radius 2 is 1.85 bits per heavy atom. The zero-order valence-electron chi connectivity index (χ0n) is 18.2. The van der Waals surface area contributed by atoms with Gasteiger partial charge in [0.05, 0.1) is 22.7 Å². The van der Waals surface area contributed by atoms with Crippen LogP contribution in [0.4, 0.5) is 22.0 Å². The van der Waals surface area contributed by atoms with Gasteiger partial charge in [-0.1, -0.05) is 0 Å². The smallest absolute Gasteiger partial charge is 0.322 e. The lowest BCUT2D eigenvalue weighted by Crippen LogP contribution is -2.62. The molecule has 6 nitrogen and oxygen atoms in total. The first-order chi connectivity index (χ1) is 15.5. The minimum atomic E-state index is -3.25. The number of hydrogen-bond acceptors (Lipinski definition) is 4. The molecule has 1 aliphatic heterocycles. The zero-order chi connectivity index (χ0) is 23.8. The third-order valence-corrected chi connectivity index (χ3v) is 7.92. The van der Waals surface area contributed by atoms with E-state index in [1.54, 1.807) is 11.8 Å². The van der Waals surface area contributed by atoms with E-state index in [9.17, 15) is 27.2 Å². The maximum Gasteiger partial charge on any atom is 0.329 e. The second kappa shape index (κ2) is 7.76. The molecule has 1 aromatic heterocycles. The normalized spacial score (nSPS) is 34.4. The van der Waals surface area contributed by atoms with Gasteiger partial charge in [-0.3, -0.25) is 19.2 Å². The van der Waals surface area contributed by atoms with Gasteiger partial charge in [0.2, 0.25) is 0 Å². The molecule has 5 rings (SSSR count). The Bertz CT molecular complexity index is 1200. The predicted octanol–water partition coefficient (Wildman–Crippen LogP) is 0.873. The van der Waals surface area contributed by atoms with Gasteiger partial charge < -0.3 is 5.73 Å². The number of aromatic amines is 1. The van der Waals surface area contributed by atoms with Crippen LogP contribution in [-0.4, -0.2) is 58.1 Å². The van der Waals surface area contributed by atoms with E-state index in [0.717, 1.165) is 0 Å². The standard InChI is InChI=1S/C22H27F5N4O2/c1-9-16-14(20(32)29-21(33)31(16)11-4-5-11)13(19(24)25)15(23)17(9)30-7-10-3-2-6-22(26,27)18(28)12(10)8-30/h10-12,15,17-19H,2-8,28H2,1H3,(H,29,32,33). The van der Waals surface area contributed by atoms with E-state index in [1.165, 1.54) is 4.57 Å². The largest absolute Gasteiger partial charge is 0.329 e. The van der Waals surface area contributed by atoms with Crippen molar-refractivity contribution in [2.24, 2.45) is 17.6 Å². The Morgan fingerprint density at radius 1 is 1.15 bits per heavy atom. The second-order valence-corrected chi connectivity index (χ2v) is 9.93. The molecule has 0 aromatic carbocycles. The van der Waals surface area contributed by atoms with Crippen LogP contribution in [-0.2, 0) is 0 Å². The molecule has 5 unspecified atom stereocenters. The molecule has 3 N–H and O–H groups in total. The number of halogens is 5. The van der Waals surface area contributed by atoms with Crippen molar-refractivity contribution in [1.29, 1.82) is 0 Å². The van der Waals surface area contributed by atoms with Crippen LogP contribution in [0.2, 0.25) is 0 Å². The second-order valence-electron chi connectivity index (χ2n) is 9.93. The number of rotatable bonds is 3. The van der Waals surface area contributed by atoms with Crippen LogP contribution in [0.1, 0.15) is 45.1 Å². The SMILES string of the molecule is CC1=c2c(c(=O)[nH]c(=O)n2C2CC2)=C(C(F)F)C(F)C1N1CC2CCCC(F)(F)C(N)C2C1. The summed E-state index contributed by atoms with van der Waals surface area (Å²) in [6, 6.07) is -2.82. The third-order valence-electron chi connectivity index (χ3n) is 7.92. The zero-order valence-corrected chi connectivity index (χ0v) is 18.2. The number of likely N-dealkylation sites (tertiary alicyclic amines) is 1. The number of H-pyrrole nitrogens is 1. The molecule has 3 aliphatic carbocycles. The van der Waals surface area contributed by atoms with E-state index in [2.05, 4.69) is 4.98 Å². The molecule has 33 heavy (non-hydrogen) atoms. The molecule has 4 aliphatic rings. The first-order valence-corrected chi connectivity index (χ1v) is 11.4. The highest BCUT2D eigenvalue weighted by Gasteiger charge is 2.52. The van der Waals surface area contributed by atoms with Crippen LogP contribution in [0.3, 0.4) is 0 Å². The minimum absolute atomic E-state index is 0.0437. The number of nitrogens with one attached hydrogen (secondary N) is 1. The summed E-state index contributed by atoms with van der Waals surface area (Å²) in [7, 11) is 0. The molecule has 1 aromatic rings. The van der Waals surface area contributed by atoms with Gasteiger partial charge in [-0.15, -0.1) is 0 Å². The number of nitrogens with zero attached hydrogens (tertiary/aromatic N) is 2. The van der Waals surface area contributed by atoms with Gasteiger partial charge in [-0.05, 0) is 50.0 Å². The molecule has 182 valence electrons. The van der Waals surface area contributed by atoms with Crippen molar-refractivity contribution in [3.63, 3.8) is 0 Å². The van der Waals surface area contributed by atoms with Crippen molar-refractivity contribution >= 4 is 11.1 Å². The summed E-state index contributed by atoms with van der Waals surface area (Å²) in [6.07, 6.45) is -3.66. The van der Waals surface area contributed by atoms with Gasteiger partial charge in [0.1, 0.15) is 6.17 Å². The van der Waals surface area contributed by atoms with Gasteiger partial charge >= 0.3 is 5.69 Å². The Balaban J connectivity index is 1.67. The number of fused-ring (bicyclic) bond motifs is 2. The molecular formula is C22H27F5N4O2. The van der Waals surface area contributed by atoms with E-state index in [1.807, 2.05) is 0 Å². The van der Waals surface area contributed by atoms with Gasteiger partial charge in [0.25, 0.3) is 17.9 Å². The molecule has 0 bridgehead atoms. The molecule has 2 heterocycles. The van der Waals surface area contributed by atoms with Crippen LogP contribution >= 0.6 is 0 Å². The Kier molecular flexibility index (Phi) is 5.35. The average molecular weight is 474 g/mol. The van der Waals surface area contributed by atoms with Crippen molar-refractivity contribution in [2.75, 3.05) is 13.1 Å². The van der Waals surface area contributed by atoms with E-state index in [0.29, 0.717) is 24.8 Å². The Hall–Kier alpha value is -2.01. The van der Waals surface area contributed by atoms with E-state index in [-0.39, 0.29) is 43.2 Å². The summed E-state index contributed by atoms with van der Waals surface area (Å²) in [5, 5.41) is -0.434. The maximum atomic E-state index is 15.8. The fraction of sp³-hybridized carbons (Fsp3) is 0.727.